The molecule has 0 saturated carbocycles. The van der Waals surface area contributed by atoms with E-state index in [4.69, 9.17) is 4.74 Å². The highest BCUT2D eigenvalue weighted by atomic mass is 16.5. The number of carbonyl (C=O) groups excluding carboxylic acids is 1. The van der Waals surface area contributed by atoms with E-state index in [1.165, 1.54) is 12.8 Å². The molecule has 1 saturated heterocycles. The van der Waals surface area contributed by atoms with Crippen molar-refractivity contribution in [2.45, 2.75) is 19.8 Å². The molecule has 0 amide bonds. The van der Waals surface area contributed by atoms with Crippen LogP contribution in [0.2, 0.25) is 0 Å². The van der Waals surface area contributed by atoms with Gasteiger partial charge >= 0.3 is 5.97 Å². The summed E-state index contributed by atoms with van der Waals surface area (Å²) in [7, 11) is 1.99. The maximum atomic E-state index is 11.2. The molecule has 0 radical (unpaired) electrons. The fourth-order valence-electron chi connectivity index (χ4n) is 2.00. The number of piperidine rings is 1. The average molecular weight is 214 g/mol. The largest absolute Gasteiger partial charge is 0.465 e. The molecule has 1 N–H and O–H groups in total. The summed E-state index contributed by atoms with van der Waals surface area (Å²) in [4.78, 5) is 13.3. The van der Waals surface area contributed by atoms with Crippen molar-refractivity contribution in [1.29, 1.82) is 0 Å². The number of hydrogen-bond acceptors (Lipinski definition) is 4. The van der Waals surface area contributed by atoms with Crippen molar-refractivity contribution < 1.29 is 9.53 Å². The number of hydrogen-bond donors (Lipinski definition) is 1. The zero-order valence-electron chi connectivity index (χ0n) is 9.79. The summed E-state index contributed by atoms with van der Waals surface area (Å²) in [5.74, 6) is 0.611. The molecule has 4 nitrogen and oxygen atoms in total. The van der Waals surface area contributed by atoms with Gasteiger partial charge in [-0.1, -0.05) is 0 Å². The highest BCUT2D eigenvalue weighted by Gasteiger charge is 2.16. The second kappa shape index (κ2) is 6.80. The monoisotopic (exact) mass is 214 g/mol. The van der Waals surface area contributed by atoms with Crippen LogP contribution in [0.1, 0.15) is 19.8 Å². The second-order valence-corrected chi connectivity index (χ2v) is 4.20. The molecule has 1 aliphatic heterocycles. The first-order valence-corrected chi connectivity index (χ1v) is 5.77. The summed E-state index contributed by atoms with van der Waals surface area (Å²) < 4.78 is 4.91. The van der Waals surface area contributed by atoms with Gasteiger partial charge in [0.25, 0.3) is 0 Å². The van der Waals surface area contributed by atoms with E-state index in [1.807, 2.05) is 14.0 Å². The van der Waals surface area contributed by atoms with Crippen molar-refractivity contribution in [1.82, 2.24) is 10.2 Å². The Morgan fingerprint density at radius 2 is 2.13 bits per heavy atom. The smallest absolute Gasteiger partial charge is 0.320 e. The Bertz CT molecular complexity index is 191. The summed E-state index contributed by atoms with van der Waals surface area (Å²) in [6, 6.07) is 0. The number of ether oxygens (including phenoxy) is 1. The molecule has 0 bridgehead atoms. The quantitative estimate of drug-likeness (QED) is 0.676. The molecule has 1 heterocycles. The van der Waals surface area contributed by atoms with E-state index in [0.717, 1.165) is 25.6 Å². The first-order valence-electron chi connectivity index (χ1n) is 5.77. The van der Waals surface area contributed by atoms with E-state index >= 15 is 0 Å². The van der Waals surface area contributed by atoms with Crippen LogP contribution in [0, 0.1) is 5.92 Å². The number of carbonyl (C=O) groups is 1. The van der Waals surface area contributed by atoms with E-state index < -0.39 is 0 Å². The van der Waals surface area contributed by atoms with E-state index in [2.05, 4.69) is 10.2 Å². The van der Waals surface area contributed by atoms with Gasteiger partial charge in [-0.15, -0.1) is 0 Å². The van der Waals surface area contributed by atoms with Crippen LogP contribution in [0.3, 0.4) is 0 Å². The van der Waals surface area contributed by atoms with Crippen LogP contribution in [0.4, 0.5) is 0 Å². The lowest BCUT2D eigenvalue weighted by Crippen LogP contribution is -2.36. The van der Waals surface area contributed by atoms with Gasteiger partial charge in [0.1, 0.15) is 0 Å². The van der Waals surface area contributed by atoms with Crippen molar-refractivity contribution in [2.24, 2.45) is 5.92 Å². The third-order valence-corrected chi connectivity index (χ3v) is 2.73. The minimum atomic E-state index is -0.117. The summed E-state index contributed by atoms with van der Waals surface area (Å²) in [6.07, 6.45) is 2.43. The van der Waals surface area contributed by atoms with Crippen LogP contribution < -0.4 is 5.32 Å². The Labute approximate surface area is 92.0 Å². The molecule has 1 aliphatic rings. The third kappa shape index (κ3) is 5.14. The average Bonchev–Trinajstić information content (AvgIpc) is 2.19. The Morgan fingerprint density at radius 3 is 2.73 bits per heavy atom. The zero-order chi connectivity index (χ0) is 11.1. The highest BCUT2D eigenvalue weighted by molar-refractivity contribution is 5.71. The van der Waals surface area contributed by atoms with Gasteiger partial charge in [0.05, 0.1) is 13.2 Å². The number of rotatable bonds is 5. The highest BCUT2D eigenvalue weighted by Crippen LogP contribution is 2.12. The Kier molecular flexibility index (Phi) is 5.65. The standard InChI is InChI=1S/C11H22N2O2/c1-3-15-11(14)9-13(2)8-10-4-6-12-7-5-10/h10,12H,3-9H2,1-2H3. The van der Waals surface area contributed by atoms with Gasteiger partial charge < -0.3 is 10.1 Å². The molecule has 0 aromatic rings. The summed E-state index contributed by atoms with van der Waals surface area (Å²) in [5, 5.41) is 3.34. The molecule has 15 heavy (non-hydrogen) atoms. The molecular formula is C11H22N2O2. The predicted octanol–water partition coefficient (Wildman–Crippen LogP) is 0.481. The van der Waals surface area contributed by atoms with Gasteiger partial charge in [0.15, 0.2) is 0 Å². The Morgan fingerprint density at radius 1 is 1.47 bits per heavy atom. The zero-order valence-corrected chi connectivity index (χ0v) is 9.79. The molecule has 0 spiro atoms. The maximum Gasteiger partial charge on any atom is 0.320 e. The molecule has 1 fully saturated rings. The number of nitrogens with zero attached hydrogens (tertiary/aromatic N) is 1. The molecule has 1 rings (SSSR count). The summed E-state index contributed by atoms with van der Waals surface area (Å²) in [5.41, 5.74) is 0. The number of esters is 1. The summed E-state index contributed by atoms with van der Waals surface area (Å²) >= 11 is 0. The molecular weight excluding hydrogens is 192 g/mol. The first-order chi connectivity index (χ1) is 7.22. The normalized spacial score (nSPS) is 18.1. The molecule has 0 aliphatic carbocycles. The Hall–Kier alpha value is -0.610. The van der Waals surface area contributed by atoms with Gasteiger partial charge in [-0.05, 0) is 45.8 Å². The fraction of sp³-hybridized carbons (Fsp3) is 0.909. The van der Waals surface area contributed by atoms with Gasteiger partial charge in [-0.25, -0.2) is 0 Å². The van der Waals surface area contributed by atoms with Crippen molar-refractivity contribution in [2.75, 3.05) is 39.8 Å². The number of likely N-dealkylation sites (N-methyl/N-ethyl adjacent to an activating group) is 1. The van der Waals surface area contributed by atoms with E-state index in [1.54, 1.807) is 0 Å². The van der Waals surface area contributed by atoms with E-state index in [9.17, 15) is 4.79 Å². The molecule has 0 atom stereocenters. The van der Waals surface area contributed by atoms with Gasteiger partial charge in [0.2, 0.25) is 0 Å². The second-order valence-electron chi connectivity index (χ2n) is 4.20. The lowest BCUT2D eigenvalue weighted by atomic mass is 9.98. The Balaban J connectivity index is 2.16. The summed E-state index contributed by atoms with van der Waals surface area (Å²) in [6.45, 7) is 5.94. The van der Waals surface area contributed by atoms with Crippen molar-refractivity contribution in [3.05, 3.63) is 0 Å². The van der Waals surface area contributed by atoms with Crippen molar-refractivity contribution >= 4 is 5.97 Å². The van der Waals surface area contributed by atoms with Gasteiger partial charge in [0, 0.05) is 6.54 Å². The topological polar surface area (TPSA) is 41.6 Å². The third-order valence-electron chi connectivity index (χ3n) is 2.73. The van der Waals surface area contributed by atoms with Gasteiger partial charge in [-0.2, -0.15) is 0 Å². The predicted molar refractivity (Wildman–Crippen MR) is 59.7 cm³/mol. The first kappa shape index (κ1) is 12.5. The van der Waals surface area contributed by atoms with E-state index in [0.29, 0.717) is 13.2 Å². The van der Waals surface area contributed by atoms with Crippen molar-refractivity contribution in [3.63, 3.8) is 0 Å². The van der Waals surface area contributed by atoms with Crippen LogP contribution >= 0.6 is 0 Å². The molecule has 4 heteroatoms. The van der Waals surface area contributed by atoms with Crippen LogP contribution in [-0.2, 0) is 9.53 Å². The van der Waals surface area contributed by atoms with Crippen LogP contribution in [0.15, 0.2) is 0 Å². The van der Waals surface area contributed by atoms with Crippen molar-refractivity contribution in [3.8, 4) is 0 Å². The van der Waals surface area contributed by atoms with Gasteiger partial charge in [-0.3, -0.25) is 9.69 Å². The fourth-order valence-corrected chi connectivity index (χ4v) is 2.00. The van der Waals surface area contributed by atoms with Crippen LogP contribution in [0.5, 0.6) is 0 Å². The van der Waals surface area contributed by atoms with Crippen LogP contribution in [0.25, 0.3) is 0 Å². The molecule has 0 unspecified atom stereocenters. The maximum absolute atomic E-state index is 11.2. The SMILES string of the molecule is CCOC(=O)CN(C)CC1CCNCC1. The molecule has 0 aromatic heterocycles. The lowest BCUT2D eigenvalue weighted by molar-refractivity contribution is -0.144. The molecule has 88 valence electrons. The van der Waals surface area contributed by atoms with E-state index in [-0.39, 0.29) is 5.97 Å². The van der Waals surface area contributed by atoms with Crippen LogP contribution in [-0.4, -0.2) is 50.7 Å². The number of nitrogens with one attached hydrogen (secondary N) is 1. The lowest BCUT2D eigenvalue weighted by Gasteiger charge is -2.26. The minimum Gasteiger partial charge on any atom is -0.465 e. The molecule has 0 aromatic carbocycles. The minimum absolute atomic E-state index is 0.117.